The van der Waals surface area contributed by atoms with Gasteiger partial charge in [0.15, 0.2) is 0 Å². The fourth-order valence-corrected chi connectivity index (χ4v) is 2.20. The van der Waals surface area contributed by atoms with Crippen LogP contribution in [0.15, 0.2) is 22.7 Å². The van der Waals surface area contributed by atoms with Crippen LogP contribution in [0.3, 0.4) is 0 Å². The fraction of sp³-hybridized carbons (Fsp3) is 0.455. The monoisotopic (exact) mass is 256 g/mol. The number of ether oxygens (including phenoxy) is 1. The Morgan fingerprint density at radius 3 is 2.71 bits per heavy atom. The molecule has 1 aliphatic carbocycles. The highest BCUT2D eigenvalue weighted by Crippen LogP contribution is 2.41. The van der Waals surface area contributed by atoms with Crippen LogP contribution in [-0.2, 0) is 0 Å². The molecule has 0 radical (unpaired) electrons. The molecular weight excluding hydrogens is 244 g/mol. The van der Waals surface area contributed by atoms with Crippen LogP contribution >= 0.6 is 15.9 Å². The van der Waals surface area contributed by atoms with Crippen LogP contribution in [0.2, 0.25) is 0 Å². The molecule has 0 saturated heterocycles. The van der Waals surface area contributed by atoms with E-state index in [0.29, 0.717) is 5.92 Å². The van der Waals surface area contributed by atoms with Crippen molar-refractivity contribution >= 4 is 15.9 Å². The van der Waals surface area contributed by atoms with Gasteiger partial charge in [-0.05, 0) is 36.5 Å². The summed E-state index contributed by atoms with van der Waals surface area (Å²) in [6.45, 7) is 0. The first-order valence-electron chi connectivity index (χ1n) is 4.72. The summed E-state index contributed by atoms with van der Waals surface area (Å²) in [5.74, 6) is 1.38. The summed E-state index contributed by atoms with van der Waals surface area (Å²) >= 11 is 3.41. The van der Waals surface area contributed by atoms with Crippen LogP contribution in [0.5, 0.6) is 5.75 Å². The van der Waals surface area contributed by atoms with Gasteiger partial charge in [-0.2, -0.15) is 0 Å². The van der Waals surface area contributed by atoms with Gasteiger partial charge in [0.25, 0.3) is 0 Å². The summed E-state index contributed by atoms with van der Waals surface area (Å²) in [7, 11) is 1.68. The minimum atomic E-state index is -0.117. The summed E-state index contributed by atoms with van der Waals surface area (Å²) in [5.41, 5.74) is 1.21. The smallest absolute Gasteiger partial charge is 0.123 e. The van der Waals surface area contributed by atoms with Gasteiger partial charge in [-0.1, -0.05) is 22.0 Å². The zero-order valence-corrected chi connectivity index (χ0v) is 9.62. The van der Waals surface area contributed by atoms with Crippen molar-refractivity contribution in [1.29, 1.82) is 0 Å². The van der Waals surface area contributed by atoms with Gasteiger partial charge in [0.05, 0.1) is 13.2 Å². The van der Waals surface area contributed by atoms with Gasteiger partial charge < -0.3 is 9.84 Å². The topological polar surface area (TPSA) is 29.5 Å². The van der Waals surface area contributed by atoms with Crippen LogP contribution in [-0.4, -0.2) is 18.3 Å². The predicted octanol–water partition coefficient (Wildman–Crippen LogP) is 2.70. The van der Waals surface area contributed by atoms with Gasteiger partial charge in [0.1, 0.15) is 5.75 Å². The molecule has 1 aliphatic rings. The van der Waals surface area contributed by atoms with Crippen LogP contribution in [0.4, 0.5) is 0 Å². The van der Waals surface area contributed by atoms with Crippen molar-refractivity contribution in [3.63, 3.8) is 0 Å². The number of aliphatic hydroxyl groups is 1. The molecule has 76 valence electrons. The number of aliphatic hydroxyl groups excluding tert-OH is 1. The van der Waals surface area contributed by atoms with E-state index in [1.54, 1.807) is 7.11 Å². The molecule has 0 heterocycles. The highest BCUT2D eigenvalue weighted by atomic mass is 79.9. The van der Waals surface area contributed by atoms with Crippen molar-refractivity contribution in [3.05, 3.63) is 28.2 Å². The molecule has 0 bridgehead atoms. The zero-order chi connectivity index (χ0) is 10.1. The molecule has 1 saturated carbocycles. The molecule has 1 aromatic rings. The molecule has 1 aromatic carbocycles. The minimum Gasteiger partial charge on any atom is -0.496 e. The standard InChI is InChI=1S/C11H13BrO2/c1-14-11-6-8(12)2-3-10(11)7-4-9(13)5-7/h2-3,6-7,9,13H,4-5H2,1H3/t7-,9-. The maximum absolute atomic E-state index is 9.25. The fourth-order valence-electron chi connectivity index (χ4n) is 1.86. The van der Waals surface area contributed by atoms with Crippen molar-refractivity contribution in [3.8, 4) is 5.75 Å². The molecule has 0 unspecified atom stereocenters. The number of benzene rings is 1. The molecule has 0 aliphatic heterocycles. The Morgan fingerprint density at radius 1 is 1.43 bits per heavy atom. The predicted molar refractivity (Wildman–Crippen MR) is 58.7 cm³/mol. The van der Waals surface area contributed by atoms with Gasteiger partial charge in [-0.15, -0.1) is 0 Å². The Kier molecular flexibility index (Phi) is 2.79. The highest BCUT2D eigenvalue weighted by molar-refractivity contribution is 9.10. The zero-order valence-electron chi connectivity index (χ0n) is 8.03. The average Bonchev–Trinajstić information content (AvgIpc) is 2.13. The molecule has 14 heavy (non-hydrogen) atoms. The third kappa shape index (κ3) is 1.79. The Labute approximate surface area is 92.0 Å². The normalized spacial score (nSPS) is 25.6. The summed E-state index contributed by atoms with van der Waals surface area (Å²) < 4.78 is 6.33. The minimum absolute atomic E-state index is 0.117. The molecule has 0 spiro atoms. The van der Waals surface area contributed by atoms with E-state index < -0.39 is 0 Å². The molecule has 0 aromatic heterocycles. The van der Waals surface area contributed by atoms with E-state index in [1.165, 1.54) is 5.56 Å². The van der Waals surface area contributed by atoms with Gasteiger partial charge in [0, 0.05) is 4.47 Å². The number of hydrogen-bond acceptors (Lipinski definition) is 2. The summed E-state index contributed by atoms with van der Waals surface area (Å²) in [5, 5.41) is 9.25. The number of rotatable bonds is 2. The average molecular weight is 257 g/mol. The summed E-state index contributed by atoms with van der Waals surface area (Å²) in [6.07, 6.45) is 1.60. The van der Waals surface area contributed by atoms with E-state index in [9.17, 15) is 5.11 Å². The lowest BCUT2D eigenvalue weighted by Crippen LogP contribution is -2.26. The SMILES string of the molecule is COc1cc(Br)ccc1[C@H]1C[C@H](O)C1. The quantitative estimate of drug-likeness (QED) is 0.882. The van der Waals surface area contributed by atoms with Crippen LogP contribution in [0.25, 0.3) is 0 Å². The maximum atomic E-state index is 9.25. The molecule has 0 atom stereocenters. The lowest BCUT2D eigenvalue weighted by atomic mass is 9.77. The van der Waals surface area contributed by atoms with Crippen LogP contribution in [0, 0.1) is 0 Å². The van der Waals surface area contributed by atoms with Crippen molar-refractivity contribution in [2.24, 2.45) is 0 Å². The second-order valence-electron chi connectivity index (χ2n) is 3.71. The van der Waals surface area contributed by atoms with Crippen LogP contribution in [0.1, 0.15) is 24.3 Å². The lowest BCUT2D eigenvalue weighted by Gasteiger charge is -2.32. The second kappa shape index (κ2) is 3.91. The van der Waals surface area contributed by atoms with E-state index in [0.717, 1.165) is 23.1 Å². The third-order valence-corrected chi connectivity index (χ3v) is 3.24. The summed E-state index contributed by atoms with van der Waals surface area (Å²) in [4.78, 5) is 0. The van der Waals surface area contributed by atoms with E-state index in [4.69, 9.17) is 4.74 Å². The Morgan fingerprint density at radius 2 is 2.14 bits per heavy atom. The first-order chi connectivity index (χ1) is 6.70. The van der Waals surface area contributed by atoms with Gasteiger partial charge in [0.2, 0.25) is 0 Å². The van der Waals surface area contributed by atoms with Gasteiger partial charge in [-0.25, -0.2) is 0 Å². The van der Waals surface area contributed by atoms with Crippen LogP contribution < -0.4 is 4.74 Å². The van der Waals surface area contributed by atoms with Gasteiger partial charge >= 0.3 is 0 Å². The molecule has 1 N–H and O–H groups in total. The second-order valence-corrected chi connectivity index (χ2v) is 4.62. The highest BCUT2D eigenvalue weighted by Gasteiger charge is 2.30. The number of methoxy groups -OCH3 is 1. The third-order valence-electron chi connectivity index (χ3n) is 2.75. The molecule has 1 fully saturated rings. The number of halogens is 1. The first-order valence-corrected chi connectivity index (χ1v) is 5.51. The number of hydrogen-bond donors (Lipinski definition) is 1. The van der Waals surface area contributed by atoms with E-state index in [1.807, 2.05) is 12.1 Å². The van der Waals surface area contributed by atoms with Crippen molar-refractivity contribution < 1.29 is 9.84 Å². The van der Waals surface area contributed by atoms with E-state index in [2.05, 4.69) is 22.0 Å². The largest absolute Gasteiger partial charge is 0.496 e. The van der Waals surface area contributed by atoms with Gasteiger partial charge in [-0.3, -0.25) is 0 Å². The molecule has 0 amide bonds. The first kappa shape index (κ1) is 9.99. The summed E-state index contributed by atoms with van der Waals surface area (Å²) in [6, 6.07) is 6.06. The Bertz CT molecular complexity index is 332. The van der Waals surface area contributed by atoms with Crippen molar-refractivity contribution in [2.75, 3.05) is 7.11 Å². The molecule has 3 heteroatoms. The van der Waals surface area contributed by atoms with E-state index >= 15 is 0 Å². The Balaban J connectivity index is 2.24. The molecular formula is C11H13BrO2. The molecule has 2 nitrogen and oxygen atoms in total. The lowest BCUT2D eigenvalue weighted by molar-refractivity contribution is 0.0738. The maximum Gasteiger partial charge on any atom is 0.123 e. The van der Waals surface area contributed by atoms with Crippen molar-refractivity contribution in [2.45, 2.75) is 24.9 Å². The van der Waals surface area contributed by atoms with Crippen molar-refractivity contribution in [1.82, 2.24) is 0 Å². The molecule has 2 rings (SSSR count). The van der Waals surface area contributed by atoms with E-state index in [-0.39, 0.29) is 6.10 Å². The Hall–Kier alpha value is -0.540.